The quantitative estimate of drug-likeness (QED) is 0.172. The Kier molecular flexibility index (Phi) is 9.54. The molecule has 1 heterocycles. The average molecular weight is 524 g/mol. The zero-order chi connectivity index (χ0) is 25.9. The maximum atomic E-state index is 13.7. The minimum atomic E-state index is -1.30. The van der Waals surface area contributed by atoms with Crippen LogP contribution in [0.5, 0.6) is 0 Å². The minimum absolute atomic E-state index is 0.192. The third kappa shape index (κ3) is 7.11. The number of carbonyl (C=O) groups is 1. The van der Waals surface area contributed by atoms with Crippen LogP contribution in [-0.4, -0.2) is 59.3 Å². The van der Waals surface area contributed by atoms with E-state index in [9.17, 15) is 14.5 Å². The fourth-order valence-electron chi connectivity index (χ4n) is 5.02. The van der Waals surface area contributed by atoms with Gasteiger partial charge in [-0.1, -0.05) is 67.5 Å². The highest BCUT2D eigenvalue weighted by molar-refractivity contribution is 7.90. The van der Waals surface area contributed by atoms with E-state index in [-0.39, 0.29) is 12.6 Å². The van der Waals surface area contributed by atoms with Crippen LogP contribution in [-0.2, 0) is 31.2 Å². The number of aliphatic carboxylic acids is 1. The minimum Gasteiger partial charge on any atom is -0.597 e. The molecule has 8 heteroatoms. The molecular weight excluding hydrogens is 478 g/mol. The van der Waals surface area contributed by atoms with E-state index in [1.807, 2.05) is 49.3 Å². The highest BCUT2D eigenvalue weighted by Gasteiger charge is 2.54. The Bertz CT molecular complexity index is 825. The van der Waals surface area contributed by atoms with Crippen molar-refractivity contribution in [3.05, 3.63) is 35.4 Å². The summed E-state index contributed by atoms with van der Waals surface area (Å²) in [6, 6.07) is 9.02. The lowest BCUT2D eigenvalue weighted by molar-refractivity contribution is -0.140. The Morgan fingerprint density at radius 1 is 1.20 bits per heavy atom. The van der Waals surface area contributed by atoms with Gasteiger partial charge in [-0.25, -0.2) is 0 Å². The fourth-order valence-corrected chi connectivity index (χ4v) is 7.14. The van der Waals surface area contributed by atoms with Crippen LogP contribution in [0.3, 0.4) is 0 Å². The summed E-state index contributed by atoms with van der Waals surface area (Å²) in [4.78, 5) is 12.2. The van der Waals surface area contributed by atoms with Crippen molar-refractivity contribution in [3.8, 4) is 0 Å². The summed E-state index contributed by atoms with van der Waals surface area (Å²) in [5.74, 6) is -1.02. The second-order valence-corrected chi connectivity index (χ2v) is 20.2. The van der Waals surface area contributed by atoms with E-state index in [0.29, 0.717) is 19.8 Å². The fraction of sp³-hybridized carbons (Fsp3) is 0.741. The lowest BCUT2D eigenvalue weighted by atomic mass is 9.76. The predicted octanol–water partition coefficient (Wildman–Crippen LogP) is 5.74. The standard InChI is InChI=1S/C27H45NO5SSi/c1-26(2,3)34(31)28(20-32-16-17-35(4,5)6)27(18-33-19-27)23-14-12-22(13-15-23)24(25(29)30)21-10-8-7-9-11-21/h12-15,21,24H,7-11,16-20H2,1-6H3,(H,29,30). The SMILES string of the molecule is CC(C)(C)[S+]([O-])N(COCC[Si](C)(C)C)C1(c2ccc(C(C(=O)O)C3CCCCC3)cc2)COC1. The van der Waals surface area contributed by atoms with Crippen molar-refractivity contribution < 1.29 is 23.9 Å². The van der Waals surface area contributed by atoms with E-state index in [2.05, 4.69) is 19.6 Å². The van der Waals surface area contributed by atoms with E-state index in [1.54, 1.807) is 0 Å². The van der Waals surface area contributed by atoms with Crippen LogP contribution < -0.4 is 0 Å². The molecule has 3 rings (SSSR count). The zero-order valence-corrected chi connectivity index (χ0v) is 24.3. The first-order chi connectivity index (χ1) is 16.3. The monoisotopic (exact) mass is 523 g/mol. The summed E-state index contributed by atoms with van der Waals surface area (Å²) in [5, 5.41) is 10.0. The number of rotatable bonds is 11. The first-order valence-corrected chi connectivity index (χ1v) is 17.8. The molecule has 1 aliphatic carbocycles. The third-order valence-electron chi connectivity index (χ3n) is 7.28. The molecule has 198 valence electrons. The summed E-state index contributed by atoms with van der Waals surface area (Å²) < 4.78 is 27.0. The molecule has 1 aromatic rings. The summed E-state index contributed by atoms with van der Waals surface area (Å²) in [6.07, 6.45) is 5.37. The Labute approximate surface area is 216 Å². The van der Waals surface area contributed by atoms with E-state index < -0.39 is 41.6 Å². The van der Waals surface area contributed by atoms with Gasteiger partial charge in [0.15, 0.2) is 0 Å². The molecule has 0 amide bonds. The van der Waals surface area contributed by atoms with Crippen LogP contribution in [0.1, 0.15) is 69.9 Å². The van der Waals surface area contributed by atoms with Gasteiger partial charge in [0.05, 0.1) is 19.1 Å². The molecule has 2 aliphatic rings. The van der Waals surface area contributed by atoms with Crippen molar-refractivity contribution in [2.24, 2.45) is 5.92 Å². The largest absolute Gasteiger partial charge is 0.597 e. The molecule has 1 saturated heterocycles. The van der Waals surface area contributed by atoms with E-state index in [1.165, 1.54) is 6.42 Å². The van der Waals surface area contributed by atoms with Crippen LogP contribution in [0.2, 0.25) is 25.7 Å². The number of ether oxygens (including phenoxy) is 2. The van der Waals surface area contributed by atoms with Crippen molar-refractivity contribution in [1.82, 2.24) is 4.31 Å². The molecule has 1 aliphatic heterocycles. The molecule has 2 atom stereocenters. The van der Waals surface area contributed by atoms with E-state index in [4.69, 9.17) is 9.47 Å². The van der Waals surface area contributed by atoms with Crippen molar-refractivity contribution in [3.63, 3.8) is 0 Å². The molecule has 2 unspecified atom stereocenters. The number of hydrogen-bond acceptors (Lipinski definition) is 5. The van der Waals surface area contributed by atoms with Gasteiger partial charge < -0.3 is 19.1 Å². The van der Waals surface area contributed by atoms with Crippen molar-refractivity contribution in [1.29, 1.82) is 0 Å². The van der Waals surface area contributed by atoms with Gasteiger partial charge in [-0.15, -0.1) is 0 Å². The van der Waals surface area contributed by atoms with Gasteiger partial charge in [0.1, 0.15) is 17.0 Å². The van der Waals surface area contributed by atoms with E-state index >= 15 is 0 Å². The first-order valence-electron chi connectivity index (χ1n) is 13.0. The number of carboxylic acid groups (broad SMARTS) is 1. The average Bonchev–Trinajstić information content (AvgIpc) is 2.74. The molecule has 35 heavy (non-hydrogen) atoms. The molecule has 1 N–H and O–H groups in total. The second-order valence-electron chi connectivity index (χ2n) is 12.4. The first kappa shape index (κ1) is 28.7. The highest BCUT2D eigenvalue weighted by atomic mass is 32.2. The van der Waals surface area contributed by atoms with Crippen LogP contribution >= 0.6 is 0 Å². The Morgan fingerprint density at radius 3 is 2.26 bits per heavy atom. The molecule has 0 spiro atoms. The van der Waals surface area contributed by atoms with Gasteiger partial charge in [0, 0.05) is 26.0 Å². The summed E-state index contributed by atoms with van der Waals surface area (Å²) >= 11 is -1.30. The van der Waals surface area contributed by atoms with Crippen LogP contribution in [0.25, 0.3) is 0 Å². The Hall–Kier alpha value is -0.903. The third-order valence-corrected chi connectivity index (χ3v) is 10.9. The second kappa shape index (κ2) is 11.7. The predicted molar refractivity (Wildman–Crippen MR) is 145 cm³/mol. The maximum Gasteiger partial charge on any atom is 0.311 e. The van der Waals surface area contributed by atoms with Crippen molar-refractivity contribution >= 4 is 25.4 Å². The summed E-state index contributed by atoms with van der Waals surface area (Å²) in [5.41, 5.74) is 1.32. The van der Waals surface area contributed by atoms with Crippen LogP contribution in [0, 0.1) is 5.92 Å². The molecule has 1 saturated carbocycles. The topological polar surface area (TPSA) is 82.1 Å². The molecule has 0 radical (unpaired) electrons. The summed E-state index contributed by atoms with van der Waals surface area (Å²) in [6.45, 7) is 14.7. The normalized spacial score (nSPS) is 20.9. The van der Waals surface area contributed by atoms with Gasteiger partial charge in [-0.05, 0) is 56.7 Å². The van der Waals surface area contributed by atoms with Crippen LogP contribution in [0.4, 0.5) is 0 Å². The van der Waals surface area contributed by atoms with Gasteiger partial charge in [-0.2, -0.15) is 0 Å². The Morgan fingerprint density at radius 2 is 1.80 bits per heavy atom. The van der Waals surface area contributed by atoms with Crippen molar-refractivity contribution in [2.75, 3.05) is 26.6 Å². The maximum absolute atomic E-state index is 13.7. The molecule has 2 fully saturated rings. The zero-order valence-electron chi connectivity index (χ0n) is 22.5. The molecular formula is C27H45NO5SSi. The van der Waals surface area contributed by atoms with Crippen LogP contribution in [0.15, 0.2) is 24.3 Å². The highest BCUT2D eigenvalue weighted by Crippen LogP contribution is 2.42. The molecule has 0 aromatic heterocycles. The molecule has 0 bridgehead atoms. The van der Waals surface area contributed by atoms with Crippen molar-refractivity contribution in [2.45, 2.75) is 94.8 Å². The van der Waals surface area contributed by atoms with Gasteiger partial charge >= 0.3 is 5.97 Å². The van der Waals surface area contributed by atoms with E-state index in [0.717, 1.165) is 42.9 Å². The van der Waals surface area contributed by atoms with Gasteiger partial charge in [0.2, 0.25) is 0 Å². The number of benzene rings is 1. The van der Waals surface area contributed by atoms with Gasteiger partial charge in [-0.3, -0.25) is 4.79 Å². The molecule has 1 aromatic carbocycles. The Balaban J connectivity index is 1.84. The lowest BCUT2D eigenvalue weighted by Crippen LogP contribution is -2.64. The number of hydrogen-bond donors (Lipinski definition) is 1. The summed E-state index contributed by atoms with van der Waals surface area (Å²) in [7, 11) is -1.23. The number of carboxylic acids is 1. The molecule has 6 nitrogen and oxygen atoms in total. The lowest BCUT2D eigenvalue weighted by Gasteiger charge is -2.50. The smallest absolute Gasteiger partial charge is 0.311 e. The number of nitrogens with zero attached hydrogens (tertiary/aromatic N) is 1. The van der Waals surface area contributed by atoms with Gasteiger partial charge in [0.25, 0.3) is 0 Å².